The standard InChI is InChI=1S/C13H14O3/c1-16-13(15)8-12(14)11-7-10(11)9-5-3-2-4-6-9/h2-6,10-11H,7-8H2,1H3/t10-,11+/m0/s1. The van der Waals surface area contributed by atoms with Gasteiger partial charge in [-0.3, -0.25) is 9.59 Å². The van der Waals surface area contributed by atoms with Gasteiger partial charge in [-0.15, -0.1) is 0 Å². The van der Waals surface area contributed by atoms with Gasteiger partial charge in [-0.1, -0.05) is 30.3 Å². The summed E-state index contributed by atoms with van der Waals surface area (Å²) in [4.78, 5) is 22.6. The Labute approximate surface area is 94.4 Å². The Balaban J connectivity index is 1.92. The normalized spacial score (nSPS) is 22.6. The summed E-state index contributed by atoms with van der Waals surface area (Å²) < 4.78 is 4.48. The molecule has 1 fully saturated rings. The molecule has 3 nitrogen and oxygen atoms in total. The maximum absolute atomic E-state index is 11.7. The molecule has 2 atom stereocenters. The van der Waals surface area contributed by atoms with Crippen LogP contribution < -0.4 is 0 Å². The van der Waals surface area contributed by atoms with Crippen molar-refractivity contribution in [2.75, 3.05) is 7.11 Å². The number of Topliss-reactive ketones (excluding diaryl/α,β-unsaturated/α-hetero) is 1. The van der Waals surface area contributed by atoms with Crippen molar-refractivity contribution < 1.29 is 14.3 Å². The van der Waals surface area contributed by atoms with E-state index in [4.69, 9.17) is 0 Å². The number of carbonyl (C=O) groups is 2. The highest BCUT2D eigenvalue weighted by Gasteiger charge is 2.43. The monoisotopic (exact) mass is 218 g/mol. The van der Waals surface area contributed by atoms with Crippen LogP contribution in [0.15, 0.2) is 30.3 Å². The second kappa shape index (κ2) is 4.47. The first-order valence-corrected chi connectivity index (χ1v) is 5.37. The van der Waals surface area contributed by atoms with Gasteiger partial charge in [-0.05, 0) is 17.9 Å². The molecule has 0 bridgehead atoms. The van der Waals surface area contributed by atoms with Gasteiger partial charge in [0.25, 0.3) is 0 Å². The summed E-state index contributed by atoms with van der Waals surface area (Å²) in [5, 5.41) is 0. The fourth-order valence-corrected chi connectivity index (χ4v) is 1.96. The van der Waals surface area contributed by atoms with Crippen molar-refractivity contribution in [3.63, 3.8) is 0 Å². The van der Waals surface area contributed by atoms with Crippen LogP contribution in [-0.4, -0.2) is 18.9 Å². The number of methoxy groups -OCH3 is 1. The minimum atomic E-state index is -0.441. The van der Waals surface area contributed by atoms with E-state index in [1.807, 2.05) is 30.3 Å². The maximum atomic E-state index is 11.7. The molecule has 0 radical (unpaired) electrons. The van der Waals surface area contributed by atoms with Crippen molar-refractivity contribution >= 4 is 11.8 Å². The van der Waals surface area contributed by atoms with Crippen LogP contribution in [0, 0.1) is 5.92 Å². The van der Waals surface area contributed by atoms with E-state index in [9.17, 15) is 9.59 Å². The number of ketones is 1. The van der Waals surface area contributed by atoms with E-state index >= 15 is 0 Å². The number of carbonyl (C=O) groups excluding carboxylic acids is 2. The van der Waals surface area contributed by atoms with Gasteiger partial charge in [0, 0.05) is 5.92 Å². The van der Waals surface area contributed by atoms with Gasteiger partial charge in [0.1, 0.15) is 12.2 Å². The summed E-state index contributed by atoms with van der Waals surface area (Å²) in [6, 6.07) is 9.94. The third kappa shape index (κ3) is 2.30. The molecule has 1 aliphatic carbocycles. The average Bonchev–Trinajstić information content (AvgIpc) is 3.10. The number of hydrogen-bond acceptors (Lipinski definition) is 3. The minimum absolute atomic E-state index is 0.000651. The number of rotatable bonds is 4. The smallest absolute Gasteiger partial charge is 0.313 e. The van der Waals surface area contributed by atoms with E-state index in [-0.39, 0.29) is 18.1 Å². The third-order valence-electron chi connectivity index (χ3n) is 2.98. The van der Waals surface area contributed by atoms with Gasteiger partial charge >= 0.3 is 5.97 Å². The molecule has 0 spiro atoms. The van der Waals surface area contributed by atoms with Crippen LogP contribution >= 0.6 is 0 Å². The summed E-state index contributed by atoms with van der Waals surface area (Å²) in [6.45, 7) is 0. The van der Waals surface area contributed by atoms with Crippen molar-refractivity contribution in [1.82, 2.24) is 0 Å². The summed E-state index contributed by atoms with van der Waals surface area (Å²) in [7, 11) is 1.30. The van der Waals surface area contributed by atoms with E-state index in [2.05, 4.69) is 4.74 Å². The highest BCUT2D eigenvalue weighted by atomic mass is 16.5. The first-order chi connectivity index (χ1) is 7.72. The van der Waals surface area contributed by atoms with Gasteiger partial charge in [-0.25, -0.2) is 0 Å². The molecule has 0 aromatic heterocycles. The second-order valence-electron chi connectivity index (χ2n) is 4.08. The molecule has 84 valence electrons. The van der Waals surface area contributed by atoms with Gasteiger partial charge in [0.05, 0.1) is 7.11 Å². The van der Waals surface area contributed by atoms with Crippen LogP contribution in [-0.2, 0) is 14.3 Å². The van der Waals surface area contributed by atoms with Crippen LogP contribution in [0.2, 0.25) is 0 Å². The van der Waals surface area contributed by atoms with Crippen LogP contribution in [0.3, 0.4) is 0 Å². The predicted octanol–water partition coefficient (Wildman–Crippen LogP) is 1.92. The lowest BCUT2D eigenvalue weighted by atomic mass is 10.1. The zero-order valence-electron chi connectivity index (χ0n) is 9.18. The molecule has 16 heavy (non-hydrogen) atoms. The van der Waals surface area contributed by atoms with E-state index in [1.165, 1.54) is 12.7 Å². The molecule has 3 heteroatoms. The molecule has 1 aromatic rings. The fourth-order valence-electron chi connectivity index (χ4n) is 1.96. The fraction of sp³-hybridized carbons (Fsp3) is 0.385. The zero-order valence-corrected chi connectivity index (χ0v) is 9.18. The summed E-state index contributed by atoms with van der Waals surface area (Å²) in [6.07, 6.45) is 0.768. The Morgan fingerprint density at radius 1 is 1.31 bits per heavy atom. The molecule has 0 heterocycles. The maximum Gasteiger partial charge on any atom is 0.313 e. The topological polar surface area (TPSA) is 43.4 Å². The second-order valence-corrected chi connectivity index (χ2v) is 4.08. The number of ether oxygens (including phenoxy) is 1. The van der Waals surface area contributed by atoms with Crippen molar-refractivity contribution in [3.05, 3.63) is 35.9 Å². The molecular weight excluding hydrogens is 204 g/mol. The van der Waals surface area contributed by atoms with Crippen molar-refractivity contribution in [1.29, 1.82) is 0 Å². The molecule has 1 aliphatic rings. The van der Waals surface area contributed by atoms with Crippen LogP contribution in [0.4, 0.5) is 0 Å². The van der Waals surface area contributed by atoms with Gasteiger partial charge in [0.2, 0.25) is 0 Å². The van der Waals surface area contributed by atoms with E-state index in [0.717, 1.165) is 6.42 Å². The Bertz CT molecular complexity index is 397. The van der Waals surface area contributed by atoms with Crippen molar-refractivity contribution in [3.8, 4) is 0 Å². The molecular formula is C13H14O3. The van der Waals surface area contributed by atoms with E-state index < -0.39 is 5.97 Å². The Kier molecular flexibility index (Phi) is 3.04. The van der Waals surface area contributed by atoms with Crippen molar-refractivity contribution in [2.45, 2.75) is 18.8 Å². The van der Waals surface area contributed by atoms with Gasteiger partial charge < -0.3 is 4.74 Å². The molecule has 1 saturated carbocycles. The predicted molar refractivity (Wildman–Crippen MR) is 58.9 cm³/mol. The average molecular weight is 218 g/mol. The first kappa shape index (κ1) is 10.9. The molecule has 2 rings (SSSR count). The molecule has 0 unspecified atom stereocenters. The molecule has 0 amide bonds. The molecule has 1 aromatic carbocycles. The summed E-state index contributed by atoms with van der Waals surface area (Å²) >= 11 is 0. The number of benzene rings is 1. The highest BCUT2D eigenvalue weighted by molar-refractivity contribution is 5.98. The highest BCUT2D eigenvalue weighted by Crippen LogP contribution is 2.48. The lowest BCUT2D eigenvalue weighted by Gasteiger charge is -1.99. The Morgan fingerprint density at radius 3 is 2.62 bits per heavy atom. The molecule has 0 saturated heterocycles. The Morgan fingerprint density at radius 2 is 2.00 bits per heavy atom. The van der Waals surface area contributed by atoms with Crippen LogP contribution in [0.5, 0.6) is 0 Å². The number of hydrogen-bond donors (Lipinski definition) is 0. The first-order valence-electron chi connectivity index (χ1n) is 5.37. The minimum Gasteiger partial charge on any atom is -0.469 e. The van der Waals surface area contributed by atoms with Crippen LogP contribution in [0.25, 0.3) is 0 Å². The molecule has 0 aliphatic heterocycles. The van der Waals surface area contributed by atoms with Gasteiger partial charge in [0.15, 0.2) is 0 Å². The zero-order chi connectivity index (χ0) is 11.5. The Hall–Kier alpha value is -1.64. The quantitative estimate of drug-likeness (QED) is 0.573. The lowest BCUT2D eigenvalue weighted by Crippen LogP contribution is -2.11. The largest absolute Gasteiger partial charge is 0.469 e. The number of esters is 1. The van der Waals surface area contributed by atoms with Crippen LogP contribution in [0.1, 0.15) is 24.3 Å². The third-order valence-corrected chi connectivity index (χ3v) is 2.98. The van der Waals surface area contributed by atoms with E-state index in [1.54, 1.807) is 0 Å². The lowest BCUT2D eigenvalue weighted by molar-refractivity contribution is -0.143. The summed E-state index contributed by atoms with van der Waals surface area (Å²) in [5.74, 6) is -0.121. The SMILES string of the molecule is COC(=O)CC(=O)[C@@H]1C[C@H]1c1ccccc1. The van der Waals surface area contributed by atoms with Gasteiger partial charge in [-0.2, -0.15) is 0 Å². The molecule has 0 N–H and O–H groups in total. The van der Waals surface area contributed by atoms with E-state index in [0.29, 0.717) is 5.92 Å². The van der Waals surface area contributed by atoms with Crippen molar-refractivity contribution in [2.24, 2.45) is 5.92 Å². The summed E-state index contributed by atoms with van der Waals surface area (Å²) in [5.41, 5.74) is 1.19.